The number of nitrogens with one attached hydrogen (secondary N) is 2. The van der Waals surface area contributed by atoms with Crippen LogP contribution in [0.25, 0.3) is 0 Å². The maximum atomic E-state index is 13.4. The van der Waals surface area contributed by atoms with Gasteiger partial charge in [-0.05, 0) is 55.2 Å². The summed E-state index contributed by atoms with van der Waals surface area (Å²) in [6.45, 7) is 10.2. The molecule has 1 aromatic carbocycles. The number of ketones is 1. The first-order valence-electron chi connectivity index (χ1n) is 13.6. The van der Waals surface area contributed by atoms with Gasteiger partial charge in [-0.1, -0.05) is 13.8 Å². The standard InChI is InChI=1S/C27H40N4O5S/c1-26(2)20-7-8-27(26,24(32)17-20)19-37(34,35)29-21-5-6-23(31-10-3-4-11-31)22(18-21)25(33)28-9-12-30-13-15-36-16-14-30/h5-6,18,20,29H,3-4,7-17,19H2,1-2H3,(H,28,33). The normalized spacial score (nSPS) is 27.6. The van der Waals surface area contributed by atoms with E-state index in [4.69, 9.17) is 4.74 Å². The lowest BCUT2D eigenvalue weighted by Crippen LogP contribution is -2.43. The molecule has 0 spiro atoms. The fourth-order valence-electron chi connectivity index (χ4n) is 6.91. The van der Waals surface area contributed by atoms with E-state index in [0.717, 1.165) is 57.7 Å². The molecule has 2 bridgehead atoms. The molecule has 1 amide bonds. The molecule has 0 aromatic heterocycles. The Morgan fingerprint density at radius 3 is 2.51 bits per heavy atom. The molecule has 10 heteroatoms. The average Bonchev–Trinajstić information content (AvgIpc) is 3.51. The molecule has 204 valence electrons. The van der Waals surface area contributed by atoms with E-state index in [-0.39, 0.29) is 28.8 Å². The number of anilines is 2. The van der Waals surface area contributed by atoms with Crippen LogP contribution in [0.3, 0.4) is 0 Å². The minimum absolute atomic E-state index is 0.0730. The Morgan fingerprint density at radius 2 is 1.86 bits per heavy atom. The van der Waals surface area contributed by atoms with Crippen LogP contribution in [0.4, 0.5) is 11.4 Å². The topological polar surface area (TPSA) is 108 Å². The SMILES string of the molecule is CC1(C)C2CCC1(CS(=O)(=O)Nc1ccc(N3CCCC3)c(C(=O)NCCN3CCOCC3)c1)C(=O)C2. The maximum Gasteiger partial charge on any atom is 0.253 e. The number of hydrogen-bond acceptors (Lipinski definition) is 7. The second-order valence-corrected chi connectivity index (χ2v) is 13.4. The molecule has 4 fully saturated rings. The van der Waals surface area contributed by atoms with Crippen molar-refractivity contribution in [2.24, 2.45) is 16.7 Å². The number of benzene rings is 1. The Kier molecular flexibility index (Phi) is 7.28. The molecule has 9 nitrogen and oxygen atoms in total. The summed E-state index contributed by atoms with van der Waals surface area (Å²) >= 11 is 0. The molecule has 1 aromatic rings. The van der Waals surface area contributed by atoms with Gasteiger partial charge in [-0.25, -0.2) is 8.42 Å². The van der Waals surface area contributed by atoms with E-state index in [0.29, 0.717) is 43.9 Å². The van der Waals surface area contributed by atoms with Gasteiger partial charge in [0.25, 0.3) is 5.91 Å². The highest BCUT2D eigenvalue weighted by atomic mass is 32.2. The zero-order valence-corrected chi connectivity index (χ0v) is 22.9. The summed E-state index contributed by atoms with van der Waals surface area (Å²) in [7, 11) is -3.81. The second kappa shape index (κ2) is 10.2. The molecule has 0 radical (unpaired) electrons. The monoisotopic (exact) mass is 532 g/mol. The van der Waals surface area contributed by atoms with Crippen molar-refractivity contribution in [1.82, 2.24) is 10.2 Å². The number of Topliss-reactive ketones (excluding diaryl/α,β-unsaturated/α-hetero) is 1. The Morgan fingerprint density at radius 1 is 1.14 bits per heavy atom. The van der Waals surface area contributed by atoms with Gasteiger partial charge in [0.05, 0.1) is 29.9 Å². The average molecular weight is 533 g/mol. The van der Waals surface area contributed by atoms with Gasteiger partial charge >= 0.3 is 0 Å². The van der Waals surface area contributed by atoms with Gasteiger partial charge in [0.2, 0.25) is 10.0 Å². The van der Waals surface area contributed by atoms with Crippen molar-refractivity contribution in [1.29, 1.82) is 0 Å². The highest BCUT2D eigenvalue weighted by Gasteiger charge is 2.65. The van der Waals surface area contributed by atoms with Gasteiger partial charge in [0.15, 0.2) is 0 Å². The number of hydrogen-bond donors (Lipinski definition) is 2. The summed E-state index contributed by atoms with van der Waals surface area (Å²) in [5.41, 5.74) is 0.493. The zero-order valence-electron chi connectivity index (χ0n) is 22.1. The van der Waals surface area contributed by atoms with Crippen molar-refractivity contribution in [3.63, 3.8) is 0 Å². The fraction of sp³-hybridized carbons (Fsp3) is 0.704. The number of morpholine rings is 1. The van der Waals surface area contributed by atoms with Crippen molar-refractivity contribution in [3.8, 4) is 0 Å². The van der Waals surface area contributed by atoms with Crippen LogP contribution >= 0.6 is 0 Å². The summed E-state index contributed by atoms with van der Waals surface area (Å²) in [5.74, 6) is -0.0934. The molecule has 2 unspecified atom stereocenters. The number of nitrogens with zero attached hydrogens (tertiary/aromatic N) is 2. The van der Waals surface area contributed by atoms with Crippen molar-refractivity contribution in [3.05, 3.63) is 23.8 Å². The van der Waals surface area contributed by atoms with Gasteiger partial charge in [0, 0.05) is 57.1 Å². The highest BCUT2D eigenvalue weighted by Crippen LogP contribution is 2.64. The van der Waals surface area contributed by atoms with E-state index >= 15 is 0 Å². The number of sulfonamides is 1. The van der Waals surface area contributed by atoms with Gasteiger partial charge in [-0.2, -0.15) is 0 Å². The molecule has 2 aliphatic heterocycles. The molecule has 5 rings (SSSR count). The summed E-state index contributed by atoms with van der Waals surface area (Å²) in [5, 5.41) is 3.03. The lowest BCUT2D eigenvalue weighted by atomic mass is 9.70. The van der Waals surface area contributed by atoms with Gasteiger partial charge in [0.1, 0.15) is 5.78 Å². The Hall–Kier alpha value is -2.17. The Bertz CT molecular complexity index is 1140. The Balaban J connectivity index is 1.32. The molecule has 2 atom stereocenters. The van der Waals surface area contributed by atoms with Crippen LogP contribution in [0.15, 0.2) is 18.2 Å². The minimum Gasteiger partial charge on any atom is -0.379 e. The third-order valence-corrected chi connectivity index (χ3v) is 10.8. The lowest BCUT2D eigenvalue weighted by Gasteiger charge is -2.36. The number of rotatable bonds is 9. The lowest BCUT2D eigenvalue weighted by molar-refractivity contribution is -0.128. The predicted octanol–water partition coefficient (Wildman–Crippen LogP) is 2.49. The van der Waals surface area contributed by atoms with E-state index in [1.807, 2.05) is 19.9 Å². The molecule has 2 saturated heterocycles. The molecule has 2 aliphatic carbocycles. The third-order valence-electron chi connectivity index (χ3n) is 9.35. The molecular formula is C27H40N4O5S. The predicted molar refractivity (Wildman–Crippen MR) is 143 cm³/mol. The first kappa shape index (κ1) is 26.4. The van der Waals surface area contributed by atoms with E-state index in [9.17, 15) is 18.0 Å². The maximum absolute atomic E-state index is 13.4. The Labute approximate surface area is 220 Å². The van der Waals surface area contributed by atoms with Crippen LogP contribution in [0.1, 0.15) is 56.3 Å². The molecule has 2 heterocycles. The van der Waals surface area contributed by atoms with Gasteiger partial charge in [-0.3, -0.25) is 19.2 Å². The van der Waals surface area contributed by atoms with E-state index in [2.05, 4.69) is 19.8 Å². The molecular weight excluding hydrogens is 492 g/mol. The van der Waals surface area contributed by atoms with E-state index in [1.54, 1.807) is 12.1 Å². The summed E-state index contributed by atoms with van der Waals surface area (Å²) in [6, 6.07) is 5.22. The number of carbonyl (C=O) groups is 2. The van der Waals surface area contributed by atoms with E-state index < -0.39 is 15.4 Å². The first-order chi connectivity index (χ1) is 17.6. The van der Waals surface area contributed by atoms with Crippen molar-refractivity contribution < 1.29 is 22.7 Å². The smallest absolute Gasteiger partial charge is 0.253 e. The molecule has 2 saturated carbocycles. The van der Waals surface area contributed by atoms with Gasteiger partial charge < -0.3 is 15.0 Å². The summed E-state index contributed by atoms with van der Waals surface area (Å²) in [6.07, 6.45) is 4.13. The van der Waals surface area contributed by atoms with Crippen LogP contribution < -0.4 is 14.9 Å². The van der Waals surface area contributed by atoms with Crippen LogP contribution in [0, 0.1) is 16.7 Å². The first-order valence-corrected chi connectivity index (χ1v) is 15.3. The fourth-order valence-corrected chi connectivity index (χ4v) is 8.80. The van der Waals surface area contributed by atoms with Crippen molar-refractivity contribution in [2.45, 2.75) is 46.0 Å². The molecule has 37 heavy (non-hydrogen) atoms. The van der Waals surface area contributed by atoms with Crippen LogP contribution in [0.2, 0.25) is 0 Å². The number of ether oxygens (including phenoxy) is 1. The van der Waals surface area contributed by atoms with Gasteiger partial charge in [-0.15, -0.1) is 0 Å². The number of carbonyl (C=O) groups excluding carboxylic acids is 2. The molecule has 2 N–H and O–H groups in total. The number of fused-ring (bicyclic) bond motifs is 2. The highest BCUT2D eigenvalue weighted by molar-refractivity contribution is 7.92. The van der Waals surface area contributed by atoms with E-state index in [1.165, 1.54) is 0 Å². The largest absolute Gasteiger partial charge is 0.379 e. The zero-order chi connectivity index (χ0) is 26.3. The second-order valence-electron chi connectivity index (χ2n) is 11.7. The molecule has 4 aliphatic rings. The summed E-state index contributed by atoms with van der Waals surface area (Å²) < 4.78 is 34.8. The minimum atomic E-state index is -3.81. The van der Waals surface area contributed by atoms with Crippen LogP contribution in [-0.2, 0) is 19.6 Å². The van der Waals surface area contributed by atoms with Crippen molar-refractivity contribution in [2.75, 3.05) is 67.9 Å². The van der Waals surface area contributed by atoms with Crippen LogP contribution in [0.5, 0.6) is 0 Å². The number of amides is 1. The summed E-state index contributed by atoms with van der Waals surface area (Å²) in [4.78, 5) is 30.6. The quantitative estimate of drug-likeness (QED) is 0.503. The van der Waals surface area contributed by atoms with Crippen molar-refractivity contribution >= 4 is 33.1 Å². The third kappa shape index (κ3) is 5.12. The van der Waals surface area contributed by atoms with Crippen LogP contribution in [-0.4, -0.2) is 83.2 Å².